The van der Waals surface area contributed by atoms with Crippen molar-refractivity contribution in [1.29, 1.82) is 0 Å². The third-order valence-electron chi connectivity index (χ3n) is 3.64. The molecule has 1 saturated carbocycles. The molecule has 80 valence electrons. The van der Waals surface area contributed by atoms with Gasteiger partial charge in [-0.3, -0.25) is 0 Å². The van der Waals surface area contributed by atoms with Crippen molar-refractivity contribution in [2.24, 2.45) is 5.92 Å². The van der Waals surface area contributed by atoms with Gasteiger partial charge in [-0.15, -0.1) is 0 Å². The molecule has 2 rings (SSSR count). The van der Waals surface area contributed by atoms with Gasteiger partial charge in [-0.1, -0.05) is 12.8 Å². The standard InChI is InChI=1S/C11H20N2O/c1-12(2)11(14)13-8-7-9-5-3-4-6-10(9)13/h9-10H,3-8H2,1-2H3. The Balaban J connectivity index is 2.03. The van der Waals surface area contributed by atoms with Crippen molar-refractivity contribution in [2.45, 2.75) is 38.1 Å². The number of rotatable bonds is 0. The highest BCUT2D eigenvalue weighted by Crippen LogP contribution is 2.36. The van der Waals surface area contributed by atoms with Crippen LogP contribution < -0.4 is 0 Å². The maximum Gasteiger partial charge on any atom is 0.319 e. The van der Waals surface area contributed by atoms with Crippen molar-refractivity contribution in [3.8, 4) is 0 Å². The van der Waals surface area contributed by atoms with Crippen LogP contribution in [0.3, 0.4) is 0 Å². The van der Waals surface area contributed by atoms with Gasteiger partial charge in [0.05, 0.1) is 0 Å². The van der Waals surface area contributed by atoms with Crippen molar-refractivity contribution in [1.82, 2.24) is 9.80 Å². The smallest absolute Gasteiger partial charge is 0.319 e. The number of likely N-dealkylation sites (tertiary alicyclic amines) is 1. The summed E-state index contributed by atoms with van der Waals surface area (Å²) in [5, 5.41) is 0. The summed E-state index contributed by atoms with van der Waals surface area (Å²) in [6, 6.07) is 0.762. The molecule has 3 heteroatoms. The third-order valence-corrected chi connectivity index (χ3v) is 3.64. The monoisotopic (exact) mass is 196 g/mol. The Morgan fingerprint density at radius 1 is 1.21 bits per heavy atom. The minimum atomic E-state index is 0.208. The van der Waals surface area contributed by atoms with Crippen LogP contribution in [0.1, 0.15) is 32.1 Å². The van der Waals surface area contributed by atoms with E-state index in [9.17, 15) is 4.79 Å². The zero-order valence-corrected chi connectivity index (χ0v) is 9.20. The number of hydrogen-bond donors (Lipinski definition) is 0. The third kappa shape index (κ3) is 1.60. The van der Waals surface area contributed by atoms with E-state index in [1.54, 1.807) is 4.90 Å². The first-order valence-corrected chi connectivity index (χ1v) is 5.68. The molecule has 1 aliphatic heterocycles. The van der Waals surface area contributed by atoms with Crippen LogP contribution in [-0.2, 0) is 0 Å². The van der Waals surface area contributed by atoms with E-state index < -0.39 is 0 Å². The van der Waals surface area contributed by atoms with Gasteiger partial charge in [-0.25, -0.2) is 4.79 Å². The summed E-state index contributed by atoms with van der Waals surface area (Å²) in [7, 11) is 3.69. The predicted octanol–water partition coefficient (Wildman–Crippen LogP) is 1.93. The lowest BCUT2D eigenvalue weighted by Crippen LogP contribution is -2.44. The summed E-state index contributed by atoms with van der Waals surface area (Å²) < 4.78 is 0. The summed E-state index contributed by atoms with van der Waals surface area (Å²) in [6.45, 7) is 0.979. The van der Waals surface area contributed by atoms with Gasteiger partial charge in [0.2, 0.25) is 0 Å². The van der Waals surface area contributed by atoms with E-state index >= 15 is 0 Å². The molecule has 2 unspecified atom stereocenters. The molecule has 2 fully saturated rings. The van der Waals surface area contributed by atoms with Crippen molar-refractivity contribution >= 4 is 6.03 Å². The van der Waals surface area contributed by atoms with Crippen LogP contribution in [0.25, 0.3) is 0 Å². The van der Waals surface area contributed by atoms with Crippen LogP contribution >= 0.6 is 0 Å². The molecule has 1 aliphatic carbocycles. The van der Waals surface area contributed by atoms with Gasteiger partial charge < -0.3 is 9.80 Å². The van der Waals surface area contributed by atoms with E-state index in [0.717, 1.165) is 12.5 Å². The molecule has 3 nitrogen and oxygen atoms in total. The fourth-order valence-electron chi connectivity index (χ4n) is 2.90. The molecule has 0 spiro atoms. The van der Waals surface area contributed by atoms with Crippen molar-refractivity contribution in [2.75, 3.05) is 20.6 Å². The molecule has 1 heterocycles. The Morgan fingerprint density at radius 3 is 2.64 bits per heavy atom. The zero-order chi connectivity index (χ0) is 10.1. The lowest BCUT2D eigenvalue weighted by atomic mass is 9.85. The first-order chi connectivity index (χ1) is 6.70. The van der Waals surface area contributed by atoms with Crippen LogP contribution in [0.5, 0.6) is 0 Å². The summed E-state index contributed by atoms with van der Waals surface area (Å²) in [5.41, 5.74) is 0. The lowest BCUT2D eigenvalue weighted by molar-refractivity contribution is 0.147. The maximum absolute atomic E-state index is 11.9. The Labute approximate surface area is 86.1 Å². The molecule has 0 aromatic carbocycles. The predicted molar refractivity (Wildman–Crippen MR) is 56.2 cm³/mol. The summed E-state index contributed by atoms with van der Waals surface area (Å²) >= 11 is 0. The van der Waals surface area contributed by atoms with Crippen molar-refractivity contribution in [3.63, 3.8) is 0 Å². The number of nitrogens with zero attached hydrogens (tertiary/aromatic N) is 2. The second-order valence-electron chi connectivity index (χ2n) is 4.77. The first-order valence-electron chi connectivity index (χ1n) is 5.68. The molecule has 0 bridgehead atoms. The first kappa shape index (κ1) is 9.81. The van der Waals surface area contributed by atoms with Gasteiger partial charge in [0, 0.05) is 26.7 Å². The Kier molecular flexibility index (Phi) is 2.66. The van der Waals surface area contributed by atoms with Crippen LogP contribution in [-0.4, -0.2) is 42.5 Å². The minimum Gasteiger partial charge on any atom is -0.331 e. The van der Waals surface area contributed by atoms with E-state index in [0.29, 0.717) is 6.04 Å². The normalized spacial score (nSPS) is 31.4. The Hall–Kier alpha value is -0.730. The highest BCUT2D eigenvalue weighted by atomic mass is 16.2. The largest absolute Gasteiger partial charge is 0.331 e. The SMILES string of the molecule is CN(C)C(=O)N1CCC2CCCCC21. The van der Waals surface area contributed by atoms with Crippen molar-refractivity contribution < 1.29 is 4.79 Å². The zero-order valence-electron chi connectivity index (χ0n) is 9.20. The summed E-state index contributed by atoms with van der Waals surface area (Å²) in [6.07, 6.45) is 6.46. The average Bonchev–Trinajstić information content (AvgIpc) is 2.60. The fourth-order valence-corrected chi connectivity index (χ4v) is 2.90. The lowest BCUT2D eigenvalue weighted by Gasteiger charge is -2.33. The van der Waals surface area contributed by atoms with Crippen LogP contribution in [0.2, 0.25) is 0 Å². The van der Waals surface area contributed by atoms with Crippen LogP contribution in [0, 0.1) is 5.92 Å². The van der Waals surface area contributed by atoms with E-state index in [-0.39, 0.29) is 6.03 Å². The highest BCUT2D eigenvalue weighted by molar-refractivity contribution is 5.74. The van der Waals surface area contributed by atoms with E-state index in [4.69, 9.17) is 0 Å². The quantitative estimate of drug-likeness (QED) is 0.580. The highest BCUT2D eigenvalue weighted by Gasteiger charge is 2.38. The second-order valence-corrected chi connectivity index (χ2v) is 4.77. The topological polar surface area (TPSA) is 23.6 Å². The number of carbonyl (C=O) groups is 1. The minimum absolute atomic E-state index is 0.208. The van der Waals surface area contributed by atoms with Crippen LogP contribution in [0.4, 0.5) is 4.79 Å². The molecule has 0 aromatic rings. The molecular weight excluding hydrogens is 176 g/mol. The van der Waals surface area contributed by atoms with Gasteiger partial charge in [-0.05, 0) is 25.2 Å². The Bertz CT molecular complexity index is 227. The van der Waals surface area contributed by atoms with Gasteiger partial charge in [0.1, 0.15) is 0 Å². The summed E-state index contributed by atoms with van der Waals surface area (Å²) in [5.74, 6) is 0.799. The maximum atomic E-state index is 11.9. The number of hydrogen-bond acceptors (Lipinski definition) is 1. The van der Waals surface area contributed by atoms with Gasteiger partial charge in [0.25, 0.3) is 0 Å². The van der Waals surface area contributed by atoms with E-state index in [2.05, 4.69) is 4.90 Å². The summed E-state index contributed by atoms with van der Waals surface area (Å²) in [4.78, 5) is 15.6. The number of carbonyl (C=O) groups excluding carboxylic acids is 1. The molecule has 14 heavy (non-hydrogen) atoms. The Morgan fingerprint density at radius 2 is 1.93 bits per heavy atom. The average molecular weight is 196 g/mol. The molecular formula is C11H20N2O. The molecule has 0 N–H and O–H groups in total. The number of fused-ring (bicyclic) bond motifs is 1. The molecule has 1 saturated heterocycles. The molecule has 2 atom stereocenters. The molecule has 0 radical (unpaired) electrons. The molecule has 2 aliphatic rings. The number of amides is 2. The second kappa shape index (κ2) is 3.79. The van der Waals surface area contributed by atoms with Gasteiger partial charge in [0.15, 0.2) is 0 Å². The van der Waals surface area contributed by atoms with Crippen molar-refractivity contribution in [3.05, 3.63) is 0 Å². The van der Waals surface area contributed by atoms with Crippen LogP contribution in [0.15, 0.2) is 0 Å². The van der Waals surface area contributed by atoms with Gasteiger partial charge >= 0.3 is 6.03 Å². The van der Waals surface area contributed by atoms with Gasteiger partial charge in [-0.2, -0.15) is 0 Å². The van der Waals surface area contributed by atoms with E-state index in [1.165, 1.54) is 32.1 Å². The van der Waals surface area contributed by atoms with E-state index in [1.807, 2.05) is 14.1 Å². The fraction of sp³-hybridized carbons (Fsp3) is 0.909. The number of urea groups is 1. The molecule has 2 amide bonds. The molecule has 0 aromatic heterocycles.